The molecule has 136 valence electrons. The van der Waals surface area contributed by atoms with Crippen molar-refractivity contribution in [1.29, 1.82) is 0 Å². The van der Waals surface area contributed by atoms with E-state index in [4.69, 9.17) is 9.47 Å². The van der Waals surface area contributed by atoms with Crippen LogP contribution in [0, 0.1) is 0 Å². The first-order valence-corrected chi connectivity index (χ1v) is 9.72. The quantitative estimate of drug-likeness (QED) is 0.845. The fourth-order valence-electron chi connectivity index (χ4n) is 4.20. The summed E-state index contributed by atoms with van der Waals surface area (Å²) in [5.41, 5.74) is 1.17. The van der Waals surface area contributed by atoms with E-state index in [9.17, 15) is 4.79 Å². The number of hydrogen-bond donors (Lipinski definition) is 0. The number of nitrogens with zero attached hydrogens (tertiary/aromatic N) is 2. The largest absolute Gasteiger partial charge is 0.490 e. The lowest BCUT2D eigenvalue weighted by atomic mass is 10.0. The summed E-state index contributed by atoms with van der Waals surface area (Å²) in [5, 5.41) is 0. The van der Waals surface area contributed by atoms with Crippen molar-refractivity contribution in [2.75, 3.05) is 39.4 Å². The zero-order chi connectivity index (χ0) is 17.1. The normalized spacial score (nSPS) is 24.2. The minimum Gasteiger partial charge on any atom is -0.490 e. The molecule has 0 aliphatic carbocycles. The van der Waals surface area contributed by atoms with Gasteiger partial charge in [-0.05, 0) is 56.5 Å². The average Bonchev–Trinajstić information content (AvgIpc) is 3.01. The molecule has 2 saturated heterocycles. The van der Waals surface area contributed by atoms with Gasteiger partial charge in [0.05, 0.1) is 25.8 Å². The monoisotopic (exact) mass is 344 g/mol. The van der Waals surface area contributed by atoms with Crippen LogP contribution in [0.1, 0.15) is 50.1 Å². The molecular formula is C20H28N2O3. The fourth-order valence-corrected chi connectivity index (χ4v) is 4.20. The Bertz CT molecular complexity index is 613. The van der Waals surface area contributed by atoms with Gasteiger partial charge >= 0.3 is 0 Å². The molecule has 1 aromatic rings. The molecule has 0 bridgehead atoms. The van der Waals surface area contributed by atoms with E-state index in [1.54, 1.807) is 0 Å². The molecule has 1 aromatic carbocycles. The number of benzene rings is 1. The average molecular weight is 344 g/mol. The first-order valence-electron chi connectivity index (χ1n) is 9.72. The number of amides is 1. The second-order valence-corrected chi connectivity index (χ2v) is 7.34. The molecule has 0 unspecified atom stereocenters. The van der Waals surface area contributed by atoms with Gasteiger partial charge in [-0.1, -0.05) is 12.5 Å². The molecular weight excluding hydrogens is 316 g/mol. The maximum Gasteiger partial charge on any atom is 0.237 e. The predicted octanol–water partition coefficient (Wildman–Crippen LogP) is 3.00. The van der Waals surface area contributed by atoms with E-state index in [0.29, 0.717) is 19.8 Å². The van der Waals surface area contributed by atoms with Gasteiger partial charge < -0.3 is 14.4 Å². The van der Waals surface area contributed by atoms with Gasteiger partial charge in [0.15, 0.2) is 11.5 Å². The van der Waals surface area contributed by atoms with Crippen molar-refractivity contribution in [3.05, 3.63) is 23.8 Å². The van der Waals surface area contributed by atoms with Crippen LogP contribution in [0.5, 0.6) is 11.5 Å². The summed E-state index contributed by atoms with van der Waals surface area (Å²) >= 11 is 0. The van der Waals surface area contributed by atoms with Gasteiger partial charge in [0.1, 0.15) is 0 Å². The van der Waals surface area contributed by atoms with E-state index in [1.165, 1.54) is 24.8 Å². The van der Waals surface area contributed by atoms with E-state index >= 15 is 0 Å². The van der Waals surface area contributed by atoms with Gasteiger partial charge in [-0.15, -0.1) is 0 Å². The molecule has 1 atom stereocenters. The number of piperidine rings is 1. The van der Waals surface area contributed by atoms with E-state index in [0.717, 1.165) is 50.4 Å². The summed E-state index contributed by atoms with van der Waals surface area (Å²) < 4.78 is 11.6. The number of carbonyl (C=O) groups excluding carboxylic acids is 1. The van der Waals surface area contributed by atoms with Crippen molar-refractivity contribution < 1.29 is 14.3 Å². The lowest BCUT2D eigenvalue weighted by Crippen LogP contribution is -2.42. The number of fused-ring (bicyclic) bond motifs is 1. The number of carbonyl (C=O) groups is 1. The highest BCUT2D eigenvalue weighted by molar-refractivity contribution is 5.79. The van der Waals surface area contributed by atoms with Crippen LogP contribution in [0.15, 0.2) is 18.2 Å². The molecule has 0 spiro atoms. The molecule has 0 N–H and O–H groups in total. The maximum absolute atomic E-state index is 12.9. The van der Waals surface area contributed by atoms with Gasteiger partial charge in [-0.2, -0.15) is 0 Å². The highest BCUT2D eigenvalue weighted by atomic mass is 16.5. The van der Waals surface area contributed by atoms with Crippen molar-refractivity contribution in [2.24, 2.45) is 0 Å². The Balaban J connectivity index is 1.47. The van der Waals surface area contributed by atoms with Gasteiger partial charge in [0.2, 0.25) is 5.91 Å². The first kappa shape index (κ1) is 16.7. The van der Waals surface area contributed by atoms with Crippen molar-refractivity contribution in [3.8, 4) is 11.5 Å². The smallest absolute Gasteiger partial charge is 0.237 e. The lowest BCUT2D eigenvalue weighted by molar-refractivity contribution is -0.133. The third-order valence-corrected chi connectivity index (χ3v) is 5.54. The van der Waals surface area contributed by atoms with Crippen LogP contribution in [0.3, 0.4) is 0 Å². The van der Waals surface area contributed by atoms with Crippen LogP contribution in [0.25, 0.3) is 0 Å². The first-order chi connectivity index (χ1) is 12.3. The summed E-state index contributed by atoms with van der Waals surface area (Å²) in [7, 11) is 0. The second-order valence-electron chi connectivity index (χ2n) is 7.34. The van der Waals surface area contributed by atoms with Gasteiger partial charge in [0, 0.05) is 13.0 Å². The Labute approximate surface area is 149 Å². The molecule has 3 heterocycles. The third kappa shape index (κ3) is 3.76. The SMILES string of the molecule is O=C(CN1CCCCC1)N1CCC[C@H]1c1ccc2c(c1)OCCCO2. The van der Waals surface area contributed by atoms with Gasteiger partial charge in [-0.25, -0.2) is 0 Å². The minimum absolute atomic E-state index is 0.175. The molecule has 0 aromatic heterocycles. The van der Waals surface area contributed by atoms with Gasteiger partial charge in [0.25, 0.3) is 0 Å². The Hall–Kier alpha value is -1.75. The van der Waals surface area contributed by atoms with Crippen LogP contribution < -0.4 is 9.47 Å². The van der Waals surface area contributed by atoms with Gasteiger partial charge in [-0.3, -0.25) is 9.69 Å². The summed E-state index contributed by atoms with van der Waals surface area (Å²) in [4.78, 5) is 17.3. The highest BCUT2D eigenvalue weighted by Gasteiger charge is 2.31. The van der Waals surface area contributed by atoms with E-state index in [-0.39, 0.29) is 11.9 Å². The molecule has 5 heteroatoms. The number of ether oxygens (including phenoxy) is 2. The van der Waals surface area contributed by atoms with Crippen molar-refractivity contribution in [2.45, 2.75) is 44.6 Å². The van der Waals surface area contributed by atoms with Crippen molar-refractivity contribution in [1.82, 2.24) is 9.80 Å². The van der Waals surface area contributed by atoms with Crippen molar-refractivity contribution >= 4 is 5.91 Å². The van der Waals surface area contributed by atoms with Crippen molar-refractivity contribution in [3.63, 3.8) is 0 Å². The summed E-state index contributed by atoms with van der Waals surface area (Å²) in [6, 6.07) is 6.36. The molecule has 25 heavy (non-hydrogen) atoms. The van der Waals surface area contributed by atoms with Crippen LogP contribution in [0.4, 0.5) is 0 Å². The van der Waals surface area contributed by atoms with E-state index in [2.05, 4.69) is 21.9 Å². The minimum atomic E-state index is 0.175. The molecule has 2 fully saturated rings. The second kappa shape index (κ2) is 7.65. The molecule has 0 radical (unpaired) electrons. The van der Waals surface area contributed by atoms with Crippen LogP contribution in [-0.2, 0) is 4.79 Å². The van der Waals surface area contributed by atoms with E-state index in [1.807, 2.05) is 6.07 Å². The standard InChI is InChI=1S/C20H28N2O3/c23-20(15-21-9-2-1-3-10-21)22-11-4-6-17(22)16-7-8-18-19(14-16)25-13-5-12-24-18/h7-8,14,17H,1-6,9-13,15H2/t17-/m0/s1. The molecule has 3 aliphatic rings. The Morgan fingerprint density at radius 3 is 2.60 bits per heavy atom. The zero-order valence-corrected chi connectivity index (χ0v) is 14.9. The molecule has 0 saturated carbocycles. The highest BCUT2D eigenvalue weighted by Crippen LogP contribution is 2.38. The lowest BCUT2D eigenvalue weighted by Gasteiger charge is -2.31. The zero-order valence-electron chi connectivity index (χ0n) is 14.9. The summed E-state index contributed by atoms with van der Waals surface area (Å²) in [6.45, 7) is 4.96. The maximum atomic E-state index is 12.9. The molecule has 5 nitrogen and oxygen atoms in total. The van der Waals surface area contributed by atoms with Crippen LogP contribution >= 0.6 is 0 Å². The summed E-state index contributed by atoms with van der Waals surface area (Å²) in [6.07, 6.45) is 6.76. The Kier molecular flexibility index (Phi) is 5.11. The molecule has 3 aliphatic heterocycles. The number of hydrogen-bond acceptors (Lipinski definition) is 4. The van der Waals surface area contributed by atoms with Crippen LogP contribution in [0.2, 0.25) is 0 Å². The number of rotatable bonds is 3. The topological polar surface area (TPSA) is 42.0 Å². The number of likely N-dealkylation sites (tertiary alicyclic amines) is 2. The fraction of sp³-hybridized carbons (Fsp3) is 0.650. The predicted molar refractivity (Wildman–Crippen MR) is 96.0 cm³/mol. The van der Waals surface area contributed by atoms with Crippen LogP contribution in [-0.4, -0.2) is 55.1 Å². The summed E-state index contributed by atoms with van der Waals surface area (Å²) in [5.74, 6) is 1.92. The Morgan fingerprint density at radius 2 is 1.76 bits per heavy atom. The third-order valence-electron chi connectivity index (χ3n) is 5.54. The molecule has 4 rings (SSSR count). The molecule has 1 amide bonds. The van der Waals surface area contributed by atoms with E-state index < -0.39 is 0 Å². The Morgan fingerprint density at radius 1 is 0.960 bits per heavy atom.